The quantitative estimate of drug-likeness (QED) is 0.755. The number of carbonyl (C=O) groups is 1. The van der Waals surface area contributed by atoms with E-state index in [9.17, 15) is 13.2 Å². The first-order valence-electron chi connectivity index (χ1n) is 7.33. The number of aryl methyl sites for hydroxylation is 1. The van der Waals surface area contributed by atoms with Crippen molar-refractivity contribution in [3.63, 3.8) is 0 Å². The van der Waals surface area contributed by atoms with E-state index in [-0.39, 0.29) is 10.7 Å². The summed E-state index contributed by atoms with van der Waals surface area (Å²) in [6.07, 6.45) is 3.89. The number of carbonyl (C=O) groups excluding carboxylic acids is 1. The number of thiophene rings is 1. The highest BCUT2D eigenvalue weighted by molar-refractivity contribution is 9.10. The third-order valence-electron chi connectivity index (χ3n) is 3.88. The number of halogens is 1. The molecule has 0 amide bonds. The number of anilines is 1. The molecule has 1 aromatic heterocycles. The Bertz CT molecular complexity index is 871. The van der Waals surface area contributed by atoms with Gasteiger partial charge in [0, 0.05) is 9.35 Å². The van der Waals surface area contributed by atoms with Crippen LogP contribution < -0.4 is 4.72 Å². The standard InChI is InChI=1S/C16H16BrNO3S2/c1-10(19)15-11-6-2-4-8-13(11)22-16(15)18-23(20,21)14-9-5-3-7-12(14)17/h3,5,7,9,18H,2,4,6,8H2,1H3. The molecule has 0 fully saturated rings. The van der Waals surface area contributed by atoms with E-state index in [0.717, 1.165) is 36.1 Å². The van der Waals surface area contributed by atoms with Crippen LogP contribution in [0.4, 0.5) is 5.00 Å². The van der Waals surface area contributed by atoms with Crippen molar-refractivity contribution < 1.29 is 13.2 Å². The van der Waals surface area contributed by atoms with E-state index in [1.165, 1.54) is 24.3 Å². The number of hydrogen-bond acceptors (Lipinski definition) is 4. The first kappa shape index (κ1) is 16.7. The van der Waals surface area contributed by atoms with E-state index in [2.05, 4.69) is 20.7 Å². The molecule has 7 heteroatoms. The minimum absolute atomic E-state index is 0.0887. The maximum absolute atomic E-state index is 12.7. The van der Waals surface area contributed by atoms with E-state index in [0.29, 0.717) is 15.0 Å². The summed E-state index contributed by atoms with van der Waals surface area (Å²) in [7, 11) is -3.74. The number of nitrogens with one attached hydrogen (secondary N) is 1. The van der Waals surface area contributed by atoms with Crippen LogP contribution >= 0.6 is 27.3 Å². The molecule has 0 atom stereocenters. The molecule has 23 heavy (non-hydrogen) atoms. The highest BCUT2D eigenvalue weighted by atomic mass is 79.9. The van der Waals surface area contributed by atoms with Gasteiger partial charge in [-0.05, 0) is 66.2 Å². The molecule has 2 aromatic rings. The van der Waals surface area contributed by atoms with Crippen molar-refractivity contribution in [1.29, 1.82) is 0 Å². The van der Waals surface area contributed by atoms with Crippen molar-refractivity contribution >= 4 is 48.1 Å². The van der Waals surface area contributed by atoms with Gasteiger partial charge in [-0.25, -0.2) is 8.42 Å². The summed E-state index contributed by atoms with van der Waals surface area (Å²) in [5.74, 6) is -0.0887. The Kier molecular flexibility index (Phi) is 4.62. The van der Waals surface area contributed by atoms with Crippen LogP contribution in [0.15, 0.2) is 33.6 Å². The van der Waals surface area contributed by atoms with Crippen LogP contribution in [-0.2, 0) is 22.9 Å². The molecule has 0 bridgehead atoms. The van der Waals surface area contributed by atoms with Gasteiger partial charge in [-0.2, -0.15) is 0 Å². The zero-order valence-electron chi connectivity index (χ0n) is 12.6. The fraction of sp³-hybridized carbons (Fsp3) is 0.312. The second-order valence-corrected chi connectivity index (χ2v) is 9.12. The Morgan fingerprint density at radius 3 is 2.61 bits per heavy atom. The highest BCUT2D eigenvalue weighted by Gasteiger charge is 2.27. The fourth-order valence-electron chi connectivity index (χ4n) is 2.85. The number of Topliss-reactive ketones (excluding diaryl/α,β-unsaturated/α-hetero) is 1. The van der Waals surface area contributed by atoms with Crippen LogP contribution in [-0.4, -0.2) is 14.2 Å². The van der Waals surface area contributed by atoms with Gasteiger partial charge in [-0.15, -0.1) is 11.3 Å². The smallest absolute Gasteiger partial charge is 0.263 e. The molecule has 4 nitrogen and oxygen atoms in total. The monoisotopic (exact) mass is 413 g/mol. The summed E-state index contributed by atoms with van der Waals surface area (Å²) in [5.41, 5.74) is 1.57. The molecule has 0 saturated heterocycles. The lowest BCUT2D eigenvalue weighted by Crippen LogP contribution is -2.15. The van der Waals surface area contributed by atoms with Crippen molar-refractivity contribution in [2.45, 2.75) is 37.5 Å². The topological polar surface area (TPSA) is 63.2 Å². The predicted octanol–water partition coefficient (Wildman–Crippen LogP) is 4.39. The van der Waals surface area contributed by atoms with Gasteiger partial charge >= 0.3 is 0 Å². The molecule has 3 rings (SSSR count). The second-order valence-electron chi connectivity index (χ2n) is 5.51. The van der Waals surface area contributed by atoms with Gasteiger partial charge in [0.05, 0.1) is 5.56 Å². The molecule has 1 heterocycles. The normalized spacial score (nSPS) is 14.3. The molecular weight excluding hydrogens is 398 g/mol. The molecule has 0 radical (unpaired) electrons. The van der Waals surface area contributed by atoms with E-state index < -0.39 is 10.0 Å². The lowest BCUT2D eigenvalue weighted by atomic mass is 9.94. The molecular formula is C16H16BrNO3S2. The fourth-order valence-corrected chi connectivity index (χ4v) is 6.50. The highest BCUT2D eigenvalue weighted by Crippen LogP contribution is 2.39. The average Bonchev–Trinajstić information content (AvgIpc) is 2.84. The molecule has 0 saturated carbocycles. The molecule has 1 aromatic carbocycles. The molecule has 0 unspecified atom stereocenters. The lowest BCUT2D eigenvalue weighted by molar-refractivity contribution is 0.101. The number of rotatable bonds is 4. The second kappa shape index (κ2) is 6.37. The van der Waals surface area contributed by atoms with Crippen LogP contribution in [0.3, 0.4) is 0 Å². The Labute approximate surface area is 148 Å². The number of fused-ring (bicyclic) bond motifs is 1. The molecule has 122 valence electrons. The first-order valence-corrected chi connectivity index (χ1v) is 10.4. The summed E-state index contributed by atoms with van der Waals surface area (Å²) in [6.45, 7) is 1.49. The Morgan fingerprint density at radius 1 is 1.22 bits per heavy atom. The summed E-state index contributed by atoms with van der Waals surface area (Å²) >= 11 is 4.66. The van der Waals surface area contributed by atoms with E-state index in [1.807, 2.05) is 0 Å². The maximum atomic E-state index is 12.7. The van der Waals surface area contributed by atoms with Gasteiger partial charge in [0.2, 0.25) is 0 Å². The van der Waals surface area contributed by atoms with Crippen molar-refractivity contribution in [3.05, 3.63) is 44.7 Å². The third kappa shape index (κ3) is 3.22. The van der Waals surface area contributed by atoms with Gasteiger partial charge in [0.1, 0.15) is 9.90 Å². The zero-order chi connectivity index (χ0) is 16.6. The van der Waals surface area contributed by atoms with Crippen LogP contribution in [0.2, 0.25) is 0 Å². The van der Waals surface area contributed by atoms with Gasteiger partial charge in [0.25, 0.3) is 10.0 Å². The van der Waals surface area contributed by atoms with Gasteiger partial charge < -0.3 is 0 Å². The predicted molar refractivity (Wildman–Crippen MR) is 95.9 cm³/mol. The number of ketones is 1. The van der Waals surface area contributed by atoms with Gasteiger partial charge in [-0.3, -0.25) is 9.52 Å². The average molecular weight is 414 g/mol. The van der Waals surface area contributed by atoms with Crippen LogP contribution in [0, 0.1) is 0 Å². The Morgan fingerprint density at radius 2 is 1.91 bits per heavy atom. The molecule has 1 aliphatic carbocycles. The zero-order valence-corrected chi connectivity index (χ0v) is 15.8. The SMILES string of the molecule is CC(=O)c1c(NS(=O)(=O)c2ccccc2Br)sc2c1CCCC2. The van der Waals surface area contributed by atoms with E-state index in [4.69, 9.17) is 0 Å². The molecule has 1 N–H and O–H groups in total. The third-order valence-corrected chi connectivity index (χ3v) is 7.57. The maximum Gasteiger partial charge on any atom is 0.263 e. The summed E-state index contributed by atoms with van der Waals surface area (Å²) < 4.78 is 28.4. The van der Waals surface area contributed by atoms with Crippen LogP contribution in [0.5, 0.6) is 0 Å². The number of sulfonamides is 1. The van der Waals surface area contributed by atoms with Crippen LogP contribution in [0.1, 0.15) is 40.6 Å². The van der Waals surface area contributed by atoms with Crippen molar-refractivity contribution in [2.75, 3.05) is 4.72 Å². The van der Waals surface area contributed by atoms with Gasteiger partial charge in [-0.1, -0.05) is 12.1 Å². The molecule has 0 aliphatic heterocycles. The first-order chi connectivity index (χ1) is 10.9. The number of hydrogen-bond donors (Lipinski definition) is 1. The van der Waals surface area contributed by atoms with E-state index in [1.54, 1.807) is 18.2 Å². The molecule has 0 spiro atoms. The summed E-state index contributed by atoms with van der Waals surface area (Å²) in [5, 5.41) is 0.445. The van der Waals surface area contributed by atoms with Gasteiger partial charge in [0.15, 0.2) is 5.78 Å². The summed E-state index contributed by atoms with van der Waals surface area (Å²) in [4.78, 5) is 13.3. The Hall–Kier alpha value is -1.18. The van der Waals surface area contributed by atoms with Crippen LogP contribution in [0.25, 0.3) is 0 Å². The minimum atomic E-state index is -3.74. The largest absolute Gasteiger partial charge is 0.294 e. The number of benzene rings is 1. The van der Waals surface area contributed by atoms with Crippen molar-refractivity contribution in [2.24, 2.45) is 0 Å². The van der Waals surface area contributed by atoms with E-state index >= 15 is 0 Å². The molecule has 1 aliphatic rings. The van der Waals surface area contributed by atoms with Crippen molar-refractivity contribution in [3.8, 4) is 0 Å². The minimum Gasteiger partial charge on any atom is -0.294 e. The Balaban J connectivity index is 2.05. The summed E-state index contributed by atoms with van der Waals surface area (Å²) in [6, 6.07) is 6.64. The van der Waals surface area contributed by atoms with Crippen molar-refractivity contribution in [1.82, 2.24) is 0 Å². The lowest BCUT2D eigenvalue weighted by Gasteiger charge is -2.12.